The van der Waals surface area contributed by atoms with Gasteiger partial charge in [-0.05, 0) is 25.1 Å². The SMILES string of the molecule is Cc1nccc(-c2noc(-c3ccccc3O)n2)n1. The van der Waals surface area contributed by atoms with E-state index in [-0.39, 0.29) is 11.6 Å². The number of phenolic OH excluding ortho intramolecular Hbond substituents is 1. The van der Waals surface area contributed by atoms with Crippen LogP contribution in [-0.2, 0) is 0 Å². The molecule has 0 fully saturated rings. The van der Waals surface area contributed by atoms with Gasteiger partial charge in [0.15, 0.2) is 0 Å². The van der Waals surface area contributed by atoms with E-state index < -0.39 is 0 Å². The molecule has 0 unspecified atom stereocenters. The lowest BCUT2D eigenvalue weighted by atomic mass is 10.2. The molecule has 0 radical (unpaired) electrons. The molecule has 2 heterocycles. The quantitative estimate of drug-likeness (QED) is 0.754. The molecule has 6 heteroatoms. The standard InChI is InChI=1S/C13H10N4O2/c1-8-14-7-6-10(15-8)12-16-13(19-17-12)9-4-2-3-5-11(9)18/h2-7,18H,1H3. The van der Waals surface area contributed by atoms with Crippen molar-refractivity contribution in [3.05, 3.63) is 42.4 Å². The molecule has 19 heavy (non-hydrogen) atoms. The summed E-state index contributed by atoms with van der Waals surface area (Å²) in [5.74, 6) is 1.34. The second-order valence-corrected chi connectivity index (χ2v) is 3.93. The normalized spacial score (nSPS) is 10.6. The van der Waals surface area contributed by atoms with Gasteiger partial charge in [-0.25, -0.2) is 9.97 Å². The van der Waals surface area contributed by atoms with Crippen LogP contribution in [-0.4, -0.2) is 25.2 Å². The Balaban J connectivity index is 2.03. The molecule has 0 spiro atoms. The summed E-state index contributed by atoms with van der Waals surface area (Å²) in [6.45, 7) is 1.79. The van der Waals surface area contributed by atoms with E-state index in [1.165, 1.54) is 0 Å². The molecule has 0 aliphatic rings. The third-order valence-electron chi connectivity index (χ3n) is 2.57. The van der Waals surface area contributed by atoms with Crippen molar-refractivity contribution in [2.45, 2.75) is 6.92 Å². The summed E-state index contributed by atoms with van der Waals surface area (Å²) < 4.78 is 5.14. The highest BCUT2D eigenvalue weighted by Crippen LogP contribution is 2.28. The lowest BCUT2D eigenvalue weighted by molar-refractivity contribution is 0.425. The van der Waals surface area contributed by atoms with Crippen LogP contribution in [0, 0.1) is 6.92 Å². The zero-order chi connectivity index (χ0) is 13.2. The van der Waals surface area contributed by atoms with E-state index >= 15 is 0 Å². The molecule has 0 amide bonds. The number of aryl methyl sites for hydroxylation is 1. The third-order valence-corrected chi connectivity index (χ3v) is 2.57. The van der Waals surface area contributed by atoms with Gasteiger partial charge >= 0.3 is 0 Å². The van der Waals surface area contributed by atoms with E-state index in [1.54, 1.807) is 43.5 Å². The Bertz CT molecular complexity index is 724. The Kier molecular flexibility index (Phi) is 2.68. The first kappa shape index (κ1) is 11.3. The van der Waals surface area contributed by atoms with Crippen LogP contribution in [0.3, 0.4) is 0 Å². The smallest absolute Gasteiger partial charge is 0.262 e. The highest BCUT2D eigenvalue weighted by Gasteiger charge is 2.14. The zero-order valence-electron chi connectivity index (χ0n) is 10.1. The maximum absolute atomic E-state index is 9.73. The van der Waals surface area contributed by atoms with Gasteiger partial charge in [0.05, 0.1) is 5.56 Å². The van der Waals surface area contributed by atoms with Crippen LogP contribution >= 0.6 is 0 Å². The predicted molar refractivity (Wildman–Crippen MR) is 67.2 cm³/mol. The van der Waals surface area contributed by atoms with Crippen molar-refractivity contribution < 1.29 is 9.63 Å². The highest BCUT2D eigenvalue weighted by atomic mass is 16.5. The number of benzene rings is 1. The molecule has 0 saturated carbocycles. The molecule has 2 aromatic heterocycles. The summed E-state index contributed by atoms with van der Waals surface area (Å²) in [6.07, 6.45) is 1.63. The average Bonchev–Trinajstić information content (AvgIpc) is 2.89. The molecule has 3 aromatic rings. The predicted octanol–water partition coefficient (Wildman–Crippen LogP) is 2.21. The van der Waals surface area contributed by atoms with E-state index in [4.69, 9.17) is 4.52 Å². The van der Waals surface area contributed by atoms with Crippen LogP contribution in [0.25, 0.3) is 23.0 Å². The minimum absolute atomic E-state index is 0.0940. The van der Waals surface area contributed by atoms with Crippen molar-refractivity contribution in [3.63, 3.8) is 0 Å². The average molecular weight is 254 g/mol. The molecule has 0 bridgehead atoms. The van der Waals surface area contributed by atoms with Crippen molar-refractivity contribution in [1.82, 2.24) is 20.1 Å². The first-order chi connectivity index (χ1) is 9.24. The lowest BCUT2D eigenvalue weighted by Gasteiger charge is -1.96. The maximum atomic E-state index is 9.73. The Hall–Kier alpha value is -2.76. The fourth-order valence-corrected chi connectivity index (χ4v) is 1.67. The van der Waals surface area contributed by atoms with Crippen molar-refractivity contribution in [2.75, 3.05) is 0 Å². The molecular weight excluding hydrogens is 244 g/mol. The highest BCUT2D eigenvalue weighted by molar-refractivity contribution is 5.63. The largest absolute Gasteiger partial charge is 0.507 e. The van der Waals surface area contributed by atoms with Gasteiger partial charge < -0.3 is 9.63 Å². The van der Waals surface area contributed by atoms with Gasteiger partial charge in [0.2, 0.25) is 5.82 Å². The van der Waals surface area contributed by atoms with Crippen molar-refractivity contribution in [1.29, 1.82) is 0 Å². The van der Waals surface area contributed by atoms with Crippen molar-refractivity contribution >= 4 is 0 Å². The molecular formula is C13H10N4O2. The summed E-state index contributed by atoms with van der Waals surface area (Å²) in [5, 5.41) is 13.6. The first-order valence-electron chi connectivity index (χ1n) is 5.66. The molecule has 6 nitrogen and oxygen atoms in total. The third kappa shape index (κ3) is 2.15. The molecule has 1 N–H and O–H groups in total. The van der Waals surface area contributed by atoms with E-state index in [1.807, 2.05) is 0 Å². The number of rotatable bonds is 2. The summed E-state index contributed by atoms with van der Waals surface area (Å²) in [5.41, 5.74) is 1.07. The Morgan fingerprint density at radius 2 is 1.95 bits per heavy atom. The van der Waals surface area contributed by atoms with Gasteiger partial charge in [0.25, 0.3) is 5.89 Å². The Labute approximate surface area is 108 Å². The van der Waals surface area contributed by atoms with Crippen LogP contribution in [0.5, 0.6) is 5.75 Å². The first-order valence-corrected chi connectivity index (χ1v) is 5.66. The second-order valence-electron chi connectivity index (χ2n) is 3.93. The lowest BCUT2D eigenvalue weighted by Crippen LogP contribution is -1.91. The molecule has 0 saturated heterocycles. The number of phenols is 1. The molecule has 0 atom stereocenters. The fraction of sp³-hybridized carbons (Fsp3) is 0.0769. The number of aromatic nitrogens is 4. The zero-order valence-corrected chi connectivity index (χ0v) is 10.1. The number of aromatic hydroxyl groups is 1. The van der Waals surface area contributed by atoms with E-state index in [2.05, 4.69) is 20.1 Å². The Morgan fingerprint density at radius 3 is 2.74 bits per heavy atom. The van der Waals surface area contributed by atoms with Crippen molar-refractivity contribution in [3.8, 4) is 28.7 Å². The number of hydrogen-bond acceptors (Lipinski definition) is 6. The number of para-hydroxylation sites is 1. The van der Waals surface area contributed by atoms with Crippen LogP contribution in [0.15, 0.2) is 41.1 Å². The van der Waals surface area contributed by atoms with E-state index in [0.717, 1.165) is 0 Å². The van der Waals surface area contributed by atoms with Gasteiger partial charge in [-0.1, -0.05) is 17.3 Å². The Morgan fingerprint density at radius 1 is 1.11 bits per heavy atom. The number of nitrogens with zero attached hydrogens (tertiary/aromatic N) is 4. The van der Waals surface area contributed by atoms with Gasteiger partial charge in [-0.3, -0.25) is 0 Å². The minimum Gasteiger partial charge on any atom is -0.507 e. The molecule has 3 rings (SSSR count). The van der Waals surface area contributed by atoms with Crippen LogP contribution in [0.1, 0.15) is 5.82 Å². The summed E-state index contributed by atoms with van der Waals surface area (Å²) in [7, 11) is 0. The topological polar surface area (TPSA) is 84.9 Å². The van der Waals surface area contributed by atoms with Crippen LogP contribution in [0.4, 0.5) is 0 Å². The van der Waals surface area contributed by atoms with Gasteiger partial charge in [-0.15, -0.1) is 0 Å². The minimum atomic E-state index is 0.0940. The van der Waals surface area contributed by atoms with E-state index in [0.29, 0.717) is 22.9 Å². The van der Waals surface area contributed by atoms with Crippen LogP contribution in [0.2, 0.25) is 0 Å². The second kappa shape index (κ2) is 4.49. The van der Waals surface area contributed by atoms with Crippen molar-refractivity contribution in [2.24, 2.45) is 0 Å². The number of hydrogen-bond donors (Lipinski definition) is 1. The summed E-state index contributed by atoms with van der Waals surface area (Å²) in [4.78, 5) is 12.4. The van der Waals surface area contributed by atoms with Gasteiger partial charge in [0, 0.05) is 6.20 Å². The summed E-state index contributed by atoms with van der Waals surface area (Å²) >= 11 is 0. The molecule has 1 aromatic carbocycles. The van der Waals surface area contributed by atoms with Gasteiger partial charge in [-0.2, -0.15) is 4.98 Å². The van der Waals surface area contributed by atoms with E-state index in [9.17, 15) is 5.11 Å². The monoisotopic (exact) mass is 254 g/mol. The summed E-state index contributed by atoms with van der Waals surface area (Å²) in [6, 6.07) is 8.48. The molecule has 94 valence electrons. The molecule has 0 aliphatic heterocycles. The van der Waals surface area contributed by atoms with Crippen LogP contribution < -0.4 is 0 Å². The van der Waals surface area contributed by atoms with Gasteiger partial charge in [0.1, 0.15) is 17.3 Å². The fourth-order valence-electron chi connectivity index (χ4n) is 1.67. The molecule has 0 aliphatic carbocycles. The maximum Gasteiger partial charge on any atom is 0.262 e.